The second-order valence-electron chi connectivity index (χ2n) is 5.47. The zero-order valence-corrected chi connectivity index (χ0v) is 12.0. The Morgan fingerprint density at radius 1 is 0.952 bits per heavy atom. The van der Waals surface area contributed by atoms with Crippen LogP contribution in [0.15, 0.2) is 60.7 Å². The maximum atomic E-state index is 14.1. The van der Waals surface area contributed by atoms with E-state index in [1.807, 2.05) is 18.2 Å². The van der Waals surface area contributed by atoms with Gasteiger partial charge in [-0.3, -0.25) is 0 Å². The Kier molecular flexibility index (Phi) is 3.72. The summed E-state index contributed by atoms with van der Waals surface area (Å²) in [5.74, 6) is -0.189. The predicted molar refractivity (Wildman–Crippen MR) is 85.7 cm³/mol. The van der Waals surface area contributed by atoms with Crippen LogP contribution in [-0.4, -0.2) is 0 Å². The van der Waals surface area contributed by atoms with Crippen LogP contribution in [-0.2, 0) is 6.42 Å². The van der Waals surface area contributed by atoms with Crippen molar-refractivity contribution in [1.29, 1.82) is 0 Å². The molecule has 106 valence electrons. The molecule has 0 radical (unpaired) electrons. The van der Waals surface area contributed by atoms with Gasteiger partial charge in [-0.05, 0) is 35.2 Å². The Morgan fingerprint density at radius 3 is 2.52 bits per heavy atom. The maximum absolute atomic E-state index is 14.1. The van der Waals surface area contributed by atoms with Gasteiger partial charge in [0.15, 0.2) is 0 Å². The van der Waals surface area contributed by atoms with Gasteiger partial charge in [-0.15, -0.1) is 0 Å². The normalized spacial score (nSPS) is 12.5. The molecule has 1 atom stereocenters. The van der Waals surface area contributed by atoms with Gasteiger partial charge in [-0.1, -0.05) is 60.7 Å². The van der Waals surface area contributed by atoms with Crippen molar-refractivity contribution < 1.29 is 4.39 Å². The van der Waals surface area contributed by atoms with Gasteiger partial charge in [0.25, 0.3) is 0 Å². The molecule has 0 fully saturated rings. The highest BCUT2D eigenvalue weighted by molar-refractivity contribution is 5.83. The highest BCUT2D eigenvalue weighted by Crippen LogP contribution is 2.23. The molecular weight excluding hydrogens is 261 g/mol. The molecule has 1 unspecified atom stereocenters. The average Bonchev–Trinajstić information content (AvgIpc) is 2.50. The first-order chi connectivity index (χ1) is 10.1. The van der Waals surface area contributed by atoms with Crippen LogP contribution in [0, 0.1) is 12.7 Å². The number of benzene rings is 3. The van der Waals surface area contributed by atoms with E-state index >= 15 is 0 Å². The van der Waals surface area contributed by atoms with Gasteiger partial charge in [0.2, 0.25) is 0 Å². The molecule has 2 N–H and O–H groups in total. The SMILES string of the molecule is Cc1cccc(C(N)Cc2ccc3ccccc3c2)c1F. The van der Waals surface area contributed by atoms with Gasteiger partial charge in [-0.25, -0.2) is 4.39 Å². The molecule has 0 spiro atoms. The molecule has 0 saturated heterocycles. The molecule has 0 aliphatic rings. The van der Waals surface area contributed by atoms with Crippen molar-refractivity contribution in [3.8, 4) is 0 Å². The first-order valence-corrected chi connectivity index (χ1v) is 7.13. The topological polar surface area (TPSA) is 26.0 Å². The van der Waals surface area contributed by atoms with Gasteiger partial charge in [0, 0.05) is 11.6 Å². The van der Waals surface area contributed by atoms with E-state index < -0.39 is 0 Å². The van der Waals surface area contributed by atoms with E-state index in [9.17, 15) is 4.39 Å². The predicted octanol–water partition coefficient (Wildman–Crippen LogP) is 4.53. The molecule has 2 heteroatoms. The molecule has 0 saturated carbocycles. The van der Waals surface area contributed by atoms with Crippen LogP contribution in [0.2, 0.25) is 0 Å². The quantitative estimate of drug-likeness (QED) is 0.749. The van der Waals surface area contributed by atoms with E-state index in [2.05, 4.69) is 30.3 Å². The van der Waals surface area contributed by atoms with Crippen LogP contribution >= 0.6 is 0 Å². The van der Waals surface area contributed by atoms with Gasteiger partial charge >= 0.3 is 0 Å². The zero-order chi connectivity index (χ0) is 14.8. The summed E-state index contributed by atoms with van der Waals surface area (Å²) in [6, 6.07) is 19.6. The number of fused-ring (bicyclic) bond motifs is 1. The third kappa shape index (κ3) is 2.81. The summed E-state index contributed by atoms with van der Waals surface area (Å²) in [4.78, 5) is 0. The van der Waals surface area contributed by atoms with Crippen molar-refractivity contribution in [2.75, 3.05) is 0 Å². The average molecular weight is 279 g/mol. The molecule has 0 amide bonds. The standard InChI is InChI=1S/C19H18FN/c1-13-5-4-8-17(19(13)20)18(21)12-14-9-10-15-6-2-3-7-16(15)11-14/h2-11,18H,12,21H2,1H3. The van der Waals surface area contributed by atoms with Gasteiger partial charge in [0.05, 0.1) is 0 Å². The van der Waals surface area contributed by atoms with Crippen LogP contribution in [0.25, 0.3) is 10.8 Å². The second kappa shape index (κ2) is 5.66. The fourth-order valence-corrected chi connectivity index (χ4v) is 2.69. The van der Waals surface area contributed by atoms with Crippen LogP contribution < -0.4 is 5.73 Å². The molecule has 0 aromatic heterocycles. The highest BCUT2D eigenvalue weighted by Gasteiger charge is 2.13. The number of aryl methyl sites for hydroxylation is 1. The molecule has 0 aliphatic heterocycles. The molecule has 3 rings (SSSR count). The van der Waals surface area contributed by atoms with Crippen molar-refractivity contribution in [1.82, 2.24) is 0 Å². The van der Waals surface area contributed by atoms with Gasteiger partial charge < -0.3 is 5.73 Å². The minimum atomic E-state index is -0.328. The number of halogens is 1. The van der Waals surface area contributed by atoms with E-state index in [-0.39, 0.29) is 11.9 Å². The van der Waals surface area contributed by atoms with Gasteiger partial charge in [-0.2, -0.15) is 0 Å². The van der Waals surface area contributed by atoms with E-state index in [4.69, 9.17) is 5.73 Å². The Balaban J connectivity index is 1.89. The summed E-state index contributed by atoms with van der Waals surface area (Å²) < 4.78 is 14.1. The van der Waals surface area contributed by atoms with Crippen molar-refractivity contribution in [3.05, 3.63) is 83.2 Å². The monoisotopic (exact) mass is 279 g/mol. The van der Waals surface area contributed by atoms with Crippen molar-refractivity contribution in [2.45, 2.75) is 19.4 Å². The van der Waals surface area contributed by atoms with Crippen molar-refractivity contribution >= 4 is 10.8 Å². The number of hydrogen-bond donors (Lipinski definition) is 1. The first kappa shape index (κ1) is 13.8. The minimum Gasteiger partial charge on any atom is -0.324 e. The van der Waals surface area contributed by atoms with Crippen LogP contribution in [0.4, 0.5) is 4.39 Å². The van der Waals surface area contributed by atoms with Crippen molar-refractivity contribution in [3.63, 3.8) is 0 Å². The highest BCUT2D eigenvalue weighted by atomic mass is 19.1. The summed E-state index contributed by atoms with van der Waals surface area (Å²) in [6.45, 7) is 1.77. The summed E-state index contributed by atoms with van der Waals surface area (Å²) in [7, 11) is 0. The largest absolute Gasteiger partial charge is 0.324 e. The summed E-state index contributed by atoms with van der Waals surface area (Å²) in [5, 5.41) is 2.39. The molecule has 0 heterocycles. The van der Waals surface area contributed by atoms with E-state index in [0.29, 0.717) is 17.5 Å². The molecule has 3 aromatic rings. The summed E-state index contributed by atoms with van der Waals surface area (Å²) in [5.41, 5.74) is 8.55. The molecular formula is C19H18FN. The third-order valence-electron chi connectivity index (χ3n) is 3.89. The first-order valence-electron chi connectivity index (χ1n) is 7.13. The summed E-state index contributed by atoms with van der Waals surface area (Å²) >= 11 is 0. The van der Waals surface area contributed by atoms with Crippen LogP contribution in [0.5, 0.6) is 0 Å². The Bertz CT molecular complexity index is 779. The lowest BCUT2D eigenvalue weighted by atomic mass is 9.96. The Labute approximate surface area is 124 Å². The second-order valence-corrected chi connectivity index (χ2v) is 5.47. The van der Waals surface area contributed by atoms with Gasteiger partial charge in [0.1, 0.15) is 5.82 Å². The number of hydrogen-bond acceptors (Lipinski definition) is 1. The fraction of sp³-hybridized carbons (Fsp3) is 0.158. The molecule has 0 bridgehead atoms. The number of rotatable bonds is 3. The zero-order valence-electron chi connectivity index (χ0n) is 12.0. The number of nitrogens with two attached hydrogens (primary N) is 1. The lowest BCUT2D eigenvalue weighted by Gasteiger charge is -2.14. The van der Waals surface area contributed by atoms with Crippen LogP contribution in [0.3, 0.4) is 0 Å². The summed E-state index contributed by atoms with van der Waals surface area (Å²) in [6.07, 6.45) is 0.630. The minimum absolute atomic E-state index is 0.189. The Morgan fingerprint density at radius 2 is 1.71 bits per heavy atom. The molecule has 0 aliphatic carbocycles. The van der Waals surface area contributed by atoms with E-state index in [0.717, 1.165) is 5.56 Å². The van der Waals surface area contributed by atoms with E-state index in [1.54, 1.807) is 19.1 Å². The molecule has 3 aromatic carbocycles. The molecule has 21 heavy (non-hydrogen) atoms. The Hall–Kier alpha value is -2.19. The van der Waals surface area contributed by atoms with Crippen molar-refractivity contribution in [2.24, 2.45) is 5.73 Å². The smallest absolute Gasteiger partial charge is 0.130 e. The maximum Gasteiger partial charge on any atom is 0.130 e. The molecule has 1 nitrogen and oxygen atoms in total. The third-order valence-corrected chi connectivity index (χ3v) is 3.89. The van der Waals surface area contributed by atoms with Crippen LogP contribution in [0.1, 0.15) is 22.7 Å². The van der Waals surface area contributed by atoms with E-state index in [1.165, 1.54) is 10.8 Å². The fourth-order valence-electron chi connectivity index (χ4n) is 2.69. The lowest BCUT2D eigenvalue weighted by molar-refractivity contribution is 0.573. The lowest BCUT2D eigenvalue weighted by Crippen LogP contribution is -2.15.